The summed E-state index contributed by atoms with van der Waals surface area (Å²) in [5.41, 5.74) is 3.16. The molecule has 2 aliphatic rings. The second-order valence-electron chi connectivity index (χ2n) is 6.00. The van der Waals surface area contributed by atoms with E-state index >= 15 is 0 Å². The number of amides is 1. The molecule has 0 aromatic heterocycles. The number of hydrogen-bond acceptors (Lipinski definition) is 5. The van der Waals surface area contributed by atoms with Gasteiger partial charge in [-0.15, -0.1) is 0 Å². The van der Waals surface area contributed by atoms with Crippen LogP contribution in [-0.4, -0.2) is 32.2 Å². The Bertz CT molecular complexity index is 844. The highest BCUT2D eigenvalue weighted by atomic mass is 16.6. The van der Waals surface area contributed by atoms with Crippen LogP contribution >= 0.6 is 0 Å². The number of carbonyl (C=O) groups is 2. The van der Waals surface area contributed by atoms with Gasteiger partial charge in [0.25, 0.3) is 0 Å². The number of esters is 1. The van der Waals surface area contributed by atoms with Crippen LogP contribution in [0.1, 0.15) is 33.8 Å². The molecule has 2 aliphatic heterocycles. The first-order valence-electron chi connectivity index (χ1n) is 8.07. The highest BCUT2D eigenvalue weighted by molar-refractivity contribution is 5.96. The molecule has 128 valence electrons. The van der Waals surface area contributed by atoms with Crippen molar-refractivity contribution >= 4 is 17.6 Å². The molecule has 0 saturated carbocycles. The van der Waals surface area contributed by atoms with E-state index in [1.54, 1.807) is 12.1 Å². The number of methoxy groups -OCH3 is 1. The standard InChI is InChI=1S/C19H17NO5/c1-23-19(22)12-4-2-11(3-5-12)13-9-18(21)20-15-10-17-16(8-14(13)15)24-6-7-25-17/h2-5,8,10,13H,6-7,9H2,1H3,(H,20,21)/t13-/m0/s1. The summed E-state index contributed by atoms with van der Waals surface area (Å²) in [6.45, 7) is 1.01. The number of rotatable bonds is 2. The van der Waals surface area contributed by atoms with Crippen LogP contribution in [0.3, 0.4) is 0 Å². The van der Waals surface area contributed by atoms with E-state index in [1.807, 2.05) is 24.3 Å². The van der Waals surface area contributed by atoms with Crippen LogP contribution in [0.25, 0.3) is 0 Å². The van der Waals surface area contributed by atoms with Crippen LogP contribution in [0.4, 0.5) is 5.69 Å². The average Bonchev–Trinajstić information content (AvgIpc) is 2.65. The molecule has 2 aromatic carbocycles. The van der Waals surface area contributed by atoms with Gasteiger partial charge in [-0.25, -0.2) is 4.79 Å². The van der Waals surface area contributed by atoms with Gasteiger partial charge in [0.2, 0.25) is 5.91 Å². The minimum absolute atomic E-state index is 0.0498. The highest BCUT2D eigenvalue weighted by Crippen LogP contribution is 2.43. The molecular weight excluding hydrogens is 322 g/mol. The number of ether oxygens (including phenoxy) is 3. The zero-order valence-corrected chi connectivity index (χ0v) is 13.7. The molecule has 6 nitrogen and oxygen atoms in total. The largest absolute Gasteiger partial charge is 0.486 e. The van der Waals surface area contributed by atoms with E-state index < -0.39 is 0 Å². The average molecular weight is 339 g/mol. The molecular formula is C19H17NO5. The normalized spacial score (nSPS) is 18.1. The van der Waals surface area contributed by atoms with Crippen molar-refractivity contribution in [2.75, 3.05) is 25.6 Å². The second-order valence-corrected chi connectivity index (χ2v) is 6.00. The number of hydrogen-bond donors (Lipinski definition) is 1. The van der Waals surface area contributed by atoms with Gasteiger partial charge >= 0.3 is 5.97 Å². The Morgan fingerprint density at radius 3 is 2.48 bits per heavy atom. The van der Waals surface area contributed by atoms with Crippen molar-refractivity contribution in [1.29, 1.82) is 0 Å². The molecule has 1 N–H and O–H groups in total. The first kappa shape index (κ1) is 15.5. The first-order chi connectivity index (χ1) is 12.2. The quantitative estimate of drug-likeness (QED) is 0.852. The number of fused-ring (bicyclic) bond motifs is 2. The Morgan fingerprint density at radius 1 is 1.12 bits per heavy atom. The van der Waals surface area contributed by atoms with Crippen molar-refractivity contribution in [3.63, 3.8) is 0 Å². The maximum Gasteiger partial charge on any atom is 0.337 e. The fourth-order valence-electron chi connectivity index (χ4n) is 3.26. The van der Waals surface area contributed by atoms with Crippen LogP contribution in [0.15, 0.2) is 36.4 Å². The summed E-state index contributed by atoms with van der Waals surface area (Å²) in [7, 11) is 1.35. The van der Waals surface area contributed by atoms with Crippen LogP contribution in [-0.2, 0) is 9.53 Å². The Morgan fingerprint density at radius 2 is 1.80 bits per heavy atom. The molecule has 0 saturated heterocycles. The molecule has 25 heavy (non-hydrogen) atoms. The molecule has 0 fully saturated rings. The van der Waals surface area contributed by atoms with E-state index in [1.165, 1.54) is 7.11 Å². The zero-order valence-electron chi connectivity index (χ0n) is 13.7. The molecule has 0 radical (unpaired) electrons. The number of anilines is 1. The summed E-state index contributed by atoms with van der Waals surface area (Å²) in [5, 5.41) is 2.90. The van der Waals surface area contributed by atoms with E-state index in [4.69, 9.17) is 14.2 Å². The summed E-state index contributed by atoms with van der Waals surface area (Å²) >= 11 is 0. The zero-order chi connectivity index (χ0) is 17.4. The predicted molar refractivity (Wildman–Crippen MR) is 90.3 cm³/mol. The van der Waals surface area contributed by atoms with Gasteiger partial charge in [-0.1, -0.05) is 12.1 Å². The fraction of sp³-hybridized carbons (Fsp3) is 0.263. The van der Waals surface area contributed by atoms with Crippen LogP contribution in [0.2, 0.25) is 0 Å². The van der Waals surface area contributed by atoms with Crippen LogP contribution < -0.4 is 14.8 Å². The van der Waals surface area contributed by atoms with Crippen molar-refractivity contribution in [2.45, 2.75) is 12.3 Å². The van der Waals surface area contributed by atoms with Crippen molar-refractivity contribution in [2.24, 2.45) is 0 Å². The van der Waals surface area contributed by atoms with Gasteiger partial charge in [-0.05, 0) is 29.3 Å². The topological polar surface area (TPSA) is 73.9 Å². The lowest BCUT2D eigenvalue weighted by Gasteiger charge is -2.29. The van der Waals surface area contributed by atoms with Crippen molar-refractivity contribution in [3.05, 3.63) is 53.1 Å². The van der Waals surface area contributed by atoms with Gasteiger partial charge in [-0.2, -0.15) is 0 Å². The van der Waals surface area contributed by atoms with Crippen molar-refractivity contribution in [3.8, 4) is 11.5 Å². The summed E-state index contributed by atoms with van der Waals surface area (Å²) in [6.07, 6.45) is 0.338. The SMILES string of the molecule is COC(=O)c1ccc([C@@H]2CC(=O)Nc3cc4c(cc32)OCCO4)cc1. The molecule has 0 aliphatic carbocycles. The van der Waals surface area contributed by atoms with Gasteiger partial charge in [0.05, 0.1) is 12.7 Å². The molecule has 1 amide bonds. The third-order valence-electron chi connectivity index (χ3n) is 4.49. The fourth-order valence-corrected chi connectivity index (χ4v) is 3.26. The summed E-state index contributed by atoms with van der Waals surface area (Å²) in [5.74, 6) is 0.801. The van der Waals surface area contributed by atoms with E-state index in [9.17, 15) is 9.59 Å². The number of carbonyl (C=O) groups excluding carboxylic acids is 2. The van der Waals surface area contributed by atoms with Gasteiger partial charge in [-0.3, -0.25) is 4.79 Å². The summed E-state index contributed by atoms with van der Waals surface area (Å²) in [6, 6.07) is 10.9. The lowest BCUT2D eigenvalue weighted by atomic mass is 9.84. The van der Waals surface area contributed by atoms with Crippen LogP contribution in [0.5, 0.6) is 11.5 Å². The van der Waals surface area contributed by atoms with E-state index in [2.05, 4.69) is 5.32 Å². The maximum atomic E-state index is 12.1. The minimum atomic E-state index is -0.382. The molecule has 2 aromatic rings. The van der Waals surface area contributed by atoms with Crippen molar-refractivity contribution < 1.29 is 23.8 Å². The molecule has 1 atom stereocenters. The lowest BCUT2D eigenvalue weighted by molar-refractivity contribution is -0.116. The van der Waals surface area contributed by atoms with E-state index in [-0.39, 0.29) is 17.8 Å². The summed E-state index contributed by atoms with van der Waals surface area (Å²) < 4.78 is 16.0. The maximum absolute atomic E-state index is 12.1. The molecule has 6 heteroatoms. The monoisotopic (exact) mass is 339 g/mol. The summed E-state index contributed by atoms with van der Waals surface area (Å²) in [4.78, 5) is 23.7. The van der Waals surface area contributed by atoms with Crippen LogP contribution in [0, 0.1) is 0 Å². The molecule has 0 unspecified atom stereocenters. The Kier molecular flexibility index (Phi) is 3.80. The smallest absolute Gasteiger partial charge is 0.337 e. The highest BCUT2D eigenvalue weighted by Gasteiger charge is 2.29. The molecule has 4 rings (SSSR count). The lowest BCUT2D eigenvalue weighted by Crippen LogP contribution is -2.24. The Labute approximate surface area is 144 Å². The van der Waals surface area contributed by atoms with Gasteiger partial charge < -0.3 is 19.5 Å². The van der Waals surface area contributed by atoms with Gasteiger partial charge in [0, 0.05) is 24.1 Å². The third kappa shape index (κ3) is 2.80. The van der Waals surface area contributed by atoms with Gasteiger partial charge in [0.1, 0.15) is 13.2 Å². The van der Waals surface area contributed by atoms with Gasteiger partial charge in [0.15, 0.2) is 11.5 Å². The molecule has 0 spiro atoms. The minimum Gasteiger partial charge on any atom is -0.486 e. The first-order valence-corrected chi connectivity index (χ1v) is 8.07. The third-order valence-corrected chi connectivity index (χ3v) is 4.49. The Hall–Kier alpha value is -3.02. The van der Waals surface area contributed by atoms with E-state index in [0.29, 0.717) is 36.7 Å². The predicted octanol–water partition coefficient (Wildman–Crippen LogP) is 2.72. The Balaban J connectivity index is 1.74. The second kappa shape index (κ2) is 6.12. The number of benzene rings is 2. The molecule has 0 bridgehead atoms. The number of nitrogens with one attached hydrogen (secondary N) is 1. The van der Waals surface area contributed by atoms with E-state index in [0.717, 1.165) is 16.8 Å². The van der Waals surface area contributed by atoms with Crippen molar-refractivity contribution in [1.82, 2.24) is 0 Å². The molecule has 2 heterocycles.